The lowest BCUT2D eigenvalue weighted by Gasteiger charge is -2.26. The third-order valence-corrected chi connectivity index (χ3v) is 5.67. The lowest BCUT2D eigenvalue weighted by atomic mass is 10.0. The zero-order valence-electron chi connectivity index (χ0n) is 17.3. The maximum Gasteiger partial charge on any atom is 0.238 e. The molecule has 7 heteroatoms. The summed E-state index contributed by atoms with van der Waals surface area (Å²) in [5.41, 5.74) is 2.54. The number of carbonyl (C=O) groups is 1. The van der Waals surface area contributed by atoms with Crippen LogP contribution in [0.15, 0.2) is 30.3 Å². The second-order valence-electron chi connectivity index (χ2n) is 7.09. The molecule has 1 N–H and O–H groups in total. The Hall–Kier alpha value is -2.44. The van der Waals surface area contributed by atoms with Crippen LogP contribution in [-0.4, -0.2) is 45.2 Å². The van der Waals surface area contributed by atoms with Gasteiger partial charge in [-0.25, -0.2) is 0 Å². The zero-order chi connectivity index (χ0) is 21.0. The molecule has 0 bridgehead atoms. The molecular weight excluding hydrogens is 392 g/mol. The lowest BCUT2D eigenvalue weighted by Crippen LogP contribution is -2.33. The molecule has 0 aliphatic carbocycles. The van der Waals surface area contributed by atoms with Gasteiger partial charge in [-0.05, 0) is 56.1 Å². The van der Waals surface area contributed by atoms with E-state index in [-0.39, 0.29) is 18.5 Å². The molecule has 0 saturated carbocycles. The predicted molar refractivity (Wildman–Crippen MR) is 114 cm³/mol. The molecule has 1 saturated heterocycles. The van der Waals surface area contributed by atoms with Crippen molar-refractivity contribution in [2.75, 3.05) is 39.7 Å². The minimum Gasteiger partial charge on any atom is -0.497 e. The molecule has 156 valence electrons. The van der Waals surface area contributed by atoms with Gasteiger partial charge < -0.3 is 19.5 Å². The van der Waals surface area contributed by atoms with Crippen molar-refractivity contribution in [1.82, 2.24) is 4.90 Å². The van der Waals surface area contributed by atoms with Gasteiger partial charge in [0.05, 0.1) is 33.6 Å². The molecule has 3 rings (SSSR count). The quantitative estimate of drug-likeness (QED) is 0.719. The van der Waals surface area contributed by atoms with Crippen molar-refractivity contribution in [3.05, 3.63) is 46.5 Å². The van der Waals surface area contributed by atoms with Crippen molar-refractivity contribution in [3.63, 3.8) is 0 Å². The molecule has 29 heavy (non-hydrogen) atoms. The van der Waals surface area contributed by atoms with Gasteiger partial charge in [-0.15, -0.1) is 0 Å². The minimum atomic E-state index is -0.0983. The Bertz CT molecular complexity index is 887. The van der Waals surface area contributed by atoms with E-state index in [4.69, 9.17) is 25.8 Å². The fraction of sp³-hybridized carbons (Fsp3) is 0.409. The highest BCUT2D eigenvalue weighted by atomic mass is 35.5. The van der Waals surface area contributed by atoms with E-state index < -0.39 is 0 Å². The van der Waals surface area contributed by atoms with Gasteiger partial charge in [-0.2, -0.15) is 0 Å². The number of benzene rings is 2. The number of ether oxygens (including phenoxy) is 3. The summed E-state index contributed by atoms with van der Waals surface area (Å²) >= 11 is 6.16. The van der Waals surface area contributed by atoms with Crippen LogP contribution in [0.1, 0.15) is 30.0 Å². The Morgan fingerprint density at radius 3 is 2.59 bits per heavy atom. The van der Waals surface area contributed by atoms with E-state index in [9.17, 15) is 4.79 Å². The molecule has 1 atom stereocenters. The topological polar surface area (TPSA) is 60.0 Å². The molecule has 6 nitrogen and oxygen atoms in total. The van der Waals surface area contributed by atoms with Crippen LogP contribution in [0.5, 0.6) is 17.2 Å². The lowest BCUT2D eigenvalue weighted by molar-refractivity contribution is -0.117. The van der Waals surface area contributed by atoms with Crippen LogP contribution < -0.4 is 19.5 Å². The molecule has 1 fully saturated rings. The number of anilines is 1. The first-order valence-corrected chi connectivity index (χ1v) is 9.94. The standard InChI is InChI=1S/C22H27ClN2O4/c1-14-10-18(21(29-4)12-17(14)23)24-22(26)13-25-9-5-6-19(25)16-11-15(27-2)7-8-20(16)28-3/h7-8,10-12,19H,5-6,9,13H2,1-4H3,(H,24,26). The molecule has 2 aromatic carbocycles. The number of nitrogens with one attached hydrogen (secondary N) is 1. The van der Waals surface area contributed by atoms with Gasteiger partial charge in [0, 0.05) is 22.7 Å². The highest BCUT2D eigenvalue weighted by Crippen LogP contribution is 2.39. The number of hydrogen-bond acceptors (Lipinski definition) is 5. The average Bonchev–Trinajstić information content (AvgIpc) is 3.17. The molecule has 1 amide bonds. The van der Waals surface area contributed by atoms with E-state index in [0.717, 1.165) is 42.0 Å². The number of rotatable bonds is 7. The molecule has 2 aromatic rings. The summed E-state index contributed by atoms with van der Waals surface area (Å²) in [6.45, 7) is 3.01. The SMILES string of the molecule is COc1ccc(OC)c(C2CCCN2CC(=O)Nc2cc(C)c(Cl)cc2OC)c1. The fourth-order valence-electron chi connectivity index (χ4n) is 3.77. The Kier molecular flexibility index (Phi) is 6.87. The van der Waals surface area contributed by atoms with Crippen LogP contribution in [0.4, 0.5) is 5.69 Å². The van der Waals surface area contributed by atoms with Gasteiger partial charge in [-0.3, -0.25) is 9.69 Å². The molecule has 1 unspecified atom stereocenters. The summed E-state index contributed by atoms with van der Waals surface area (Å²) in [6.07, 6.45) is 1.97. The number of carbonyl (C=O) groups excluding carboxylic acids is 1. The van der Waals surface area contributed by atoms with Crippen molar-refractivity contribution in [2.45, 2.75) is 25.8 Å². The number of halogens is 1. The van der Waals surface area contributed by atoms with Crippen LogP contribution >= 0.6 is 11.6 Å². The van der Waals surface area contributed by atoms with E-state index in [1.807, 2.05) is 31.2 Å². The number of nitrogens with zero attached hydrogens (tertiary/aromatic N) is 1. The Morgan fingerprint density at radius 1 is 1.14 bits per heavy atom. The number of hydrogen-bond donors (Lipinski definition) is 1. The van der Waals surface area contributed by atoms with Crippen LogP contribution in [-0.2, 0) is 4.79 Å². The molecular formula is C22H27ClN2O4. The summed E-state index contributed by atoms with van der Waals surface area (Å²) in [7, 11) is 4.86. The third kappa shape index (κ3) is 4.77. The summed E-state index contributed by atoms with van der Waals surface area (Å²) < 4.78 is 16.3. The third-order valence-electron chi connectivity index (χ3n) is 5.26. The van der Waals surface area contributed by atoms with Gasteiger partial charge in [0.2, 0.25) is 5.91 Å². The zero-order valence-corrected chi connectivity index (χ0v) is 18.0. The number of aryl methyl sites for hydroxylation is 1. The van der Waals surface area contributed by atoms with Crippen LogP contribution in [0.2, 0.25) is 5.02 Å². The second kappa shape index (κ2) is 9.37. The van der Waals surface area contributed by atoms with E-state index in [2.05, 4.69) is 10.2 Å². The molecule has 1 aliphatic rings. The monoisotopic (exact) mass is 418 g/mol. The van der Waals surface area contributed by atoms with Gasteiger partial charge in [0.1, 0.15) is 17.2 Å². The maximum atomic E-state index is 12.8. The second-order valence-corrected chi connectivity index (χ2v) is 7.49. The molecule has 0 radical (unpaired) electrons. The van der Waals surface area contributed by atoms with Crippen molar-refractivity contribution in [3.8, 4) is 17.2 Å². The first-order chi connectivity index (χ1) is 14.0. The highest BCUT2D eigenvalue weighted by molar-refractivity contribution is 6.31. The number of likely N-dealkylation sites (tertiary alicyclic amines) is 1. The predicted octanol–water partition coefficient (Wildman–Crippen LogP) is 4.45. The van der Waals surface area contributed by atoms with Gasteiger partial charge >= 0.3 is 0 Å². The Labute approximate surface area is 176 Å². The molecule has 1 aliphatic heterocycles. The van der Waals surface area contributed by atoms with Crippen molar-refractivity contribution in [2.24, 2.45) is 0 Å². The van der Waals surface area contributed by atoms with Crippen LogP contribution in [0.3, 0.4) is 0 Å². The average molecular weight is 419 g/mol. The summed E-state index contributed by atoms with van der Waals surface area (Å²) in [4.78, 5) is 15.0. The van der Waals surface area contributed by atoms with E-state index in [1.165, 1.54) is 0 Å². The normalized spacial score (nSPS) is 16.5. The van der Waals surface area contributed by atoms with E-state index in [0.29, 0.717) is 16.5 Å². The minimum absolute atomic E-state index is 0.0969. The van der Waals surface area contributed by atoms with Crippen molar-refractivity contribution < 1.29 is 19.0 Å². The number of methoxy groups -OCH3 is 3. The van der Waals surface area contributed by atoms with Gasteiger partial charge in [0.15, 0.2) is 0 Å². The molecule has 0 spiro atoms. The van der Waals surface area contributed by atoms with Crippen LogP contribution in [0.25, 0.3) is 0 Å². The highest BCUT2D eigenvalue weighted by Gasteiger charge is 2.30. The molecule has 1 heterocycles. The van der Waals surface area contributed by atoms with Gasteiger partial charge in [0.25, 0.3) is 0 Å². The Balaban J connectivity index is 1.76. The molecule has 0 aromatic heterocycles. The Morgan fingerprint density at radius 2 is 1.90 bits per heavy atom. The largest absolute Gasteiger partial charge is 0.497 e. The van der Waals surface area contributed by atoms with Crippen molar-refractivity contribution in [1.29, 1.82) is 0 Å². The van der Waals surface area contributed by atoms with Crippen LogP contribution in [0, 0.1) is 6.92 Å². The van der Waals surface area contributed by atoms with Crippen molar-refractivity contribution >= 4 is 23.2 Å². The smallest absolute Gasteiger partial charge is 0.238 e. The number of amides is 1. The van der Waals surface area contributed by atoms with Gasteiger partial charge in [-0.1, -0.05) is 11.6 Å². The summed E-state index contributed by atoms with van der Waals surface area (Å²) in [5, 5.41) is 3.56. The first kappa shape index (κ1) is 21.3. The van der Waals surface area contributed by atoms with E-state index in [1.54, 1.807) is 27.4 Å². The summed E-state index contributed by atoms with van der Waals surface area (Å²) in [6, 6.07) is 9.42. The fourth-order valence-corrected chi connectivity index (χ4v) is 3.93. The van der Waals surface area contributed by atoms with E-state index >= 15 is 0 Å². The summed E-state index contributed by atoms with van der Waals surface area (Å²) in [5.74, 6) is 2.02. The first-order valence-electron chi connectivity index (χ1n) is 9.56. The maximum absolute atomic E-state index is 12.8.